The lowest BCUT2D eigenvalue weighted by atomic mass is 9.95. The molecule has 164 valence electrons. The van der Waals surface area contributed by atoms with Gasteiger partial charge in [0.2, 0.25) is 0 Å². The molecule has 8 nitrogen and oxygen atoms in total. The molecule has 0 aliphatic carbocycles. The van der Waals surface area contributed by atoms with Crippen LogP contribution in [0.1, 0.15) is 15.9 Å². The first-order valence-electron chi connectivity index (χ1n) is 9.26. The van der Waals surface area contributed by atoms with Crippen LogP contribution in [0.3, 0.4) is 0 Å². The van der Waals surface area contributed by atoms with E-state index in [4.69, 9.17) is 11.1 Å². The number of nitrogens with zero attached hydrogens (tertiary/aromatic N) is 2. The Morgan fingerprint density at radius 1 is 1.06 bits per heavy atom. The number of amidine groups is 1. The molecular weight excluding hydrogens is 450 g/mol. The molecule has 1 amide bonds. The highest BCUT2D eigenvalue weighted by molar-refractivity contribution is 7.89. The van der Waals surface area contributed by atoms with E-state index < -0.39 is 10.0 Å². The number of rotatable bonds is 5. The molecule has 0 bridgehead atoms. The van der Waals surface area contributed by atoms with Crippen molar-refractivity contribution in [2.75, 3.05) is 11.6 Å². The van der Waals surface area contributed by atoms with Crippen molar-refractivity contribution in [3.05, 3.63) is 84.2 Å². The zero-order chi connectivity index (χ0) is 22.2. The highest BCUT2D eigenvalue weighted by Gasteiger charge is 2.16. The van der Waals surface area contributed by atoms with E-state index in [1.54, 1.807) is 42.5 Å². The summed E-state index contributed by atoms with van der Waals surface area (Å²) in [5.41, 5.74) is 8.34. The van der Waals surface area contributed by atoms with E-state index in [-0.39, 0.29) is 24.1 Å². The first kappa shape index (κ1) is 23.0. The number of nitrogens with two attached hydrogens (primary N) is 1. The van der Waals surface area contributed by atoms with Gasteiger partial charge in [0, 0.05) is 22.4 Å². The summed E-state index contributed by atoms with van der Waals surface area (Å²) in [7, 11) is -3.56. The van der Waals surface area contributed by atoms with Gasteiger partial charge in [-0.25, -0.2) is 8.42 Å². The minimum absolute atomic E-state index is 0. The van der Waals surface area contributed by atoms with Gasteiger partial charge in [0.25, 0.3) is 15.9 Å². The average Bonchev–Trinajstić information content (AvgIpc) is 3.24. The lowest BCUT2D eigenvalue weighted by Gasteiger charge is -2.11. The molecule has 0 atom stereocenters. The van der Waals surface area contributed by atoms with Gasteiger partial charge in [-0.15, -0.1) is 12.4 Å². The Kier molecular flexibility index (Phi) is 6.33. The fraction of sp³-hybridized carbons (Fsp3) is 0.0455. The molecular formula is C22H20ClN5O3S. The van der Waals surface area contributed by atoms with Crippen LogP contribution in [0.4, 0.5) is 5.69 Å². The van der Waals surface area contributed by atoms with Crippen LogP contribution in [0, 0.1) is 5.41 Å². The Bertz CT molecular complexity index is 1430. The predicted molar refractivity (Wildman–Crippen MR) is 128 cm³/mol. The topological polar surface area (TPSA) is 131 Å². The second-order valence-corrected chi connectivity index (χ2v) is 8.90. The number of hydrogen-bond donors (Lipinski definition) is 3. The van der Waals surface area contributed by atoms with Gasteiger partial charge in [0.05, 0.1) is 18.6 Å². The van der Waals surface area contributed by atoms with Crippen molar-refractivity contribution in [3.8, 4) is 11.1 Å². The quantitative estimate of drug-likeness (QED) is 0.304. The molecule has 10 heteroatoms. The molecule has 32 heavy (non-hydrogen) atoms. The molecule has 0 radical (unpaired) electrons. The van der Waals surface area contributed by atoms with Gasteiger partial charge in [0.15, 0.2) is 0 Å². The molecule has 4 aromatic rings. The fourth-order valence-electron chi connectivity index (χ4n) is 3.25. The molecule has 0 aliphatic heterocycles. The summed E-state index contributed by atoms with van der Waals surface area (Å²) < 4.78 is 24.6. The maximum Gasteiger partial charge on any atom is 0.255 e. The van der Waals surface area contributed by atoms with E-state index in [0.29, 0.717) is 27.9 Å². The molecule has 0 fully saturated rings. The number of halogens is 1. The molecule has 0 spiro atoms. The smallest absolute Gasteiger partial charge is 0.255 e. The second kappa shape index (κ2) is 8.81. The van der Waals surface area contributed by atoms with Gasteiger partial charge in [-0.3, -0.25) is 10.2 Å². The van der Waals surface area contributed by atoms with Crippen molar-refractivity contribution >= 4 is 50.6 Å². The van der Waals surface area contributed by atoms with Crippen molar-refractivity contribution in [3.63, 3.8) is 0 Å². The number of nitrogen functional groups attached to an aromatic ring is 1. The highest BCUT2D eigenvalue weighted by atomic mass is 35.5. The first-order chi connectivity index (χ1) is 14.7. The average molecular weight is 470 g/mol. The summed E-state index contributed by atoms with van der Waals surface area (Å²) in [5, 5.41) is 16.0. The van der Waals surface area contributed by atoms with Crippen LogP contribution < -0.4 is 11.1 Å². The second-order valence-electron chi connectivity index (χ2n) is 7.06. The Morgan fingerprint density at radius 2 is 1.78 bits per heavy atom. The van der Waals surface area contributed by atoms with Gasteiger partial charge < -0.3 is 11.1 Å². The van der Waals surface area contributed by atoms with Gasteiger partial charge in [-0.2, -0.15) is 9.19 Å². The Labute approximate surface area is 191 Å². The van der Waals surface area contributed by atoms with E-state index >= 15 is 0 Å². The van der Waals surface area contributed by atoms with E-state index in [1.807, 2.05) is 18.2 Å². The van der Waals surface area contributed by atoms with Crippen LogP contribution in [0.5, 0.6) is 0 Å². The third-order valence-electron chi connectivity index (χ3n) is 4.77. The zero-order valence-electron chi connectivity index (χ0n) is 16.9. The third-order valence-corrected chi connectivity index (χ3v) is 5.65. The van der Waals surface area contributed by atoms with Gasteiger partial charge >= 0.3 is 0 Å². The van der Waals surface area contributed by atoms with Crippen molar-refractivity contribution < 1.29 is 13.2 Å². The van der Waals surface area contributed by atoms with Crippen LogP contribution in [-0.2, 0) is 10.0 Å². The number of amides is 1. The normalized spacial score (nSPS) is 11.0. The summed E-state index contributed by atoms with van der Waals surface area (Å²) in [6, 6.07) is 17.7. The Balaban J connectivity index is 0.00000289. The number of carbonyl (C=O) groups excluding carboxylic acids is 1. The Hall–Kier alpha value is -3.69. The number of fused-ring (bicyclic) bond motifs is 1. The fourth-order valence-corrected chi connectivity index (χ4v) is 3.77. The molecule has 0 saturated carbocycles. The van der Waals surface area contributed by atoms with Crippen LogP contribution in [0.25, 0.3) is 21.9 Å². The zero-order valence-corrected chi connectivity index (χ0v) is 18.6. The summed E-state index contributed by atoms with van der Waals surface area (Å²) in [4.78, 5) is 12.9. The molecule has 0 saturated heterocycles. The standard InChI is InChI=1S/C22H19N5O3S.ClH/c1-31(29,30)27-13-17(12-25-27)20-11-16(22(28)26-18-5-3-2-4-6-18)9-14-7-8-15(21(23)24)10-19(14)20;/h2-13H,1H3,(H3,23,24)(H,26,28);1H. The van der Waals surface area contributed by atoms with E-state index in [9.17, 15) is 13.2 Å². The van der Waals surface area contributed by atoms with Crippen molar-refractivity contribution in [1.82, 2.24) is 9.19 Å². The van der Waals surface area contributed by atoms with Gasteiger partial charge in [0.1, 0.15) is 5.84 Å². The molecule has 0 unspecified atom stereocenters. The monoisotopic (exact) mass is 469 g/mol. The number of carbonyl (C=O) groups is 1. The number of benzene rings is 3. The van der Waals surface area contributed by atoms with Crippen molar-refractivity contribution in [1.29, 1.82) is 5.41 Å². The molecule has 3 aromatic carbocycles. The first-order valence-corrected chi connectivity index (χ1v) is 11.1. The van der Waals surface area contributed by atoms with E-state index in [0.717, 1.165) is 21.1 Å². The summed E-state index contributed by atoms with van der Waals surface area (Å²) in [5.74, 6) is -0.397. The number of hydrogen-bond acceptors (Lipinski definition) is 5. The molecule has 1 aromatic heterocycles. The SMILES string of the molecule is CS(=O)(=O)n1cc(-c2cc(C(=O)Nc3ccccc3)cc3ccc(C(=N)N)cc23)cn1.Cl. The van der Waals surface area contributed by atoms with E-state index in [2.05, 4.69) is 10.4 Å². The summed E-state index contributed by atoms with van der Waals surface area (Å²) in [6.45, 7) is 0. The largest absolute Gasteiger partial charge is 0.384 e. The summed E-state index contributed by atoms with van der Waals surface area (Å²) in [6.07, 6.45) is 3.87. The molecule has 1 heterocycles. The van der Waals surface area contributed by atoms with Crippen LogP contribution in [-0.4, -0.2) is 35.6 Å². The lowest BCUT2D eigenvalue weighted by Crippen LogP contribution is -2.12. The van der Waals surface area contributed by atoms with Crippen molar-refractivity contribution in [2.24, 2.45) is 5.73 Å². The predicted octanol–water partition coefficient (Wildman–Crippen LogP) is 3.47. The van der Waals surface area contributed by atoms with Crippen LogP contribution in [0.2, 0.25) is 0 Å². The van der Waals surface area contributed by atoms with Crippen molar-refractivity contribution in [2.45, 2.75) is 0 Å². The number of para-hydroxylation sites is 1. The number of anilines is 1. The minimum Gasteiger partial charge on any atom is -0.384 e. The van der Waals surface area contributed by atoms with E-state index in [1.165, 1.54) is 12.4 Å². The maximum absolute atomic E-state index is 12.9. The minimum atomic E-state index is -3.56. The van der Waals surface area contributed by atoms with Gasteiger partial charge in [-0.05, 0) is 46.7 Å². The molecule has 4 rings (SSSR count). The Morgan fingerprint density at radius 3 is 2.41 bits per heavy atom. The highest BCUT2D eigenvalue weighted by Crippen LogP contribution is 2.31. The number of nitrogens with one attached hydrogen (secondary N) is 2. The van der Waals surface area contributed by atoms with Gasteiger partial charge in [-0.1, -0.05) is 30.3 Å². The van der Waals surface area contributed by atoms with Crippen LogP contribution in [0.15, 0.2) is 73.1 Å². The third kappa shape index (κ3) is 4.63. The maximum atomic E-state index is 12.9. The summed E-state index contributed by atoms with van der Waals surface area (Å²) >= 11 is 0. The molecule has 0 aliphatic rings. The number of aromatic nitrogens is 2. The lowest BCUT2D eigenvalue weighted by molar-refractivity contribution is 0.102. The molecule has 4 N–H and O–H groups in total. The van der Waals surface area contributed by atoms with Crippen LogP contribution >= 0.6 is 12.4 Å².